The first-order valence-corrected chi connectivity index (χ1v) is 9.52. The molecule has 0 spiro atoms. The van der Waals surface area contributed by atoms with Gasteiger partial charge in [-0.25, -0.2) is 4.98 Å². The van der Waals surface area contributed by atoms with E-state index in [0.29, 0.717) is 25.5 Å². The average molecular weight is 373 g/mol. The van der Waals surface area contributed by atoms with Crippen LogP contribution in [0.3, 0.4) is 0 Å². The standard InChI is InChI=1S/C20H23NO4S/c1-3-23-17(12-22)11-15-6-8-16(9-7-15)24-13-18-14(2)25-20(21-18)19-5-4-10-26-19/h4-10,17,22H,3,11-13H2,1-2H3/t17-/m0/s1. The molecule has 0 aliphatic rings. The predicted molar refractivity (Wildman–Crippen MR) is 102 cm³/mol. The van der Waals surface area contributed by atoms with Crippen LogP contribution in [-0.4, -0.2) is 29.4 Å². The molecule has 1 atom stereocenters. The molecule has 6 heteroatoms. The Morgan fingerprint density at radius 1 is 1.23 bits per heavy atom. The third-order valence-electron chi connectivity index (χ3n) is 3.99. The van der Waals surface area contributed by atoms with Crippen molar-refractivity contribution >= 4 is 11.3 Å². The van der Waals surface area contributed by atoms with Crippen LogP contribution in [0.15, 0.2) is 46.2 Å². The maximum Gasteiger partial charge on any atom is 0.236 e. The Balaban J connectivity index is 1.58. The smallest absolute Gasteiger partial charge is 0.236 e. The van der Waals surface area contributed by atoms with E-state index in [1.165, 1.54) is 0 Å². The van der Waals surface area contributed by atoms with Crippen LogP contribution >= 0.6 is 11.3 Å². The summed E-state index contributed by atoms with van der Waals surface area (Å²) in [5.41, 5.74) is 1.90. The number of aliphatic hydroxyl groups is 1. The highest BCUT2D eigenvalue weighted by Gasteiger charge is 2.13. The number of hydrogen-bond acceptors (Lipinski definition) is 6. The molecule has 0 unspecified atom stereocenters. The molecule has 2 aromatic heterocycles. The van der Waals surface area contributed by atoms with Crippen LogP contribution < -0.4 is 4.74 Å². The van der Waals surface area contributed by atoms with E-state index in [-0.39, 0.29) is 12.7 Å². The number of thiophene rings is 1. The van der Waals surface area contributed by atoms with E-state index < -0.39 is 0 Å². The van der Waals surface area contributed by atoms with E-state index in [4.69, 9.17) is 13.9 Å². The van der Waals surface area contributed by atoms with Crippen molar-refractivity contribution in [3.63, 3.8) is 0 Å². The number of hydrogen-bond donors (Lipinski definition) is 1. The quantitative estimate of drug-likeness (QED) is 0.608. The van der Waals surface area contributed by atoms with Crippen LogP contribution in [-0.2, 0) is 17.8 Å². The SMILES string of the molecule is CCO[C@H](CO)Cc1ccc(OCc2nc(-c3cccs3)oc2C)cc1. The minimum Gasteiger partial charge on any atom is -0.487 e. The lowest BCUT2D eigenvalue weighted by Gasteiger charge is -2.14. The van der Waals surface area contributed by atoms with Crippen molar-refractivity contribution in [3.05, 3.63) is 58.8 Å². The molecule has 0 radical (unpaired) electrons. The zero-order valence-electron chi connectivity index (χ0n) is 15.0. The molecule has 3 aromatic rings. The highest BCUT2D eigenvalue weighted by Crippen LogP contribution is 2.26. The molecule has 0 fully saturated rings. The van der Waals surface area contributed by atoms with Gasteiger partial charge in [0.1, 0.15) is 23.8 Å². The van der Waals surface area contributed by atoms with Gasteiger partial charge in [-0.05, 0) is 43.0 Å². The molecular formula is C20H23NO4S. The monoisotopic (exact) mass is 373 g/mol. The maximum atomic E-state index is 9.32. The van der Waals surface area contributed by atoms with E-state index in [1.807, 2.05) is 55.6 Å². The van der Waals surface area contributed by atoms with Crippen molar-refractivity contribution in [1.82, 2.24) is 4.98 Å². The molecular weight excluding hydrogens is 350 g/mol. The van der Waals surface area contributed by atoms with Gasteiger partial charge in [0.05, 0.1) is 17.6 Å². The van der Waals surface area contributed by atoms with Crippen molar-refractivity contribution in [2.75, 3.05) is 13.2 Å². The molecule has 2 heterocycles. The number of aryl methyl sites for hydroxylation is 1. The molecule has 0 aliphatic carbocycles. The van der Waals surface area contributed by atoms with Gasteiger partial charge < -0.3 is 19.0 Å². The van der Waals surface area contributed by atoms with Gasteiger partial charge in [-0.3, -0.25) is 0 Å². The number of aliphatic hydroxyl groups excluding tert-OH is 1. The number of rotatable bonds is 9. The Morgan fingerprint density at radius 3 is 2.69 bits per heavy atom. The molecule has 0 saturated heterocycles. The second-order valence-electron chi connectivity index (χ2n) is 5.90. The lowest BCUT2D eigenvalue weighted by atomic mass is 10.1. The van der Waals surface area contributed by atoms with Crippen LogP contribution in [0.5, 0.6) is 5.75 Å². The number of nitrogens with zero attached hydrogens (tertiary/aromatic N) is 1. The summed E-state index contributed by atoms with van der Waals surface area (Å²) < 4.78 is 17.0. The van der Waals surface area contributed by atoms with E-state index >= 15 is 0 Å². The van der Waals surface area contributed by atoms with E-state index in [0.717, 1.165) is 27.6 Å². The van der Waals surface area contributed by atoms with Gasteiger partial charge >= 0.3 is 0 Å². The fraction of sp³-hybridized carbons (Fsp3) is 0.350. The Morgan fingerprint density at radius 2 is 2.04 bits per heavy atom. The summed E-state index contributed by atoms with van der Waals surface area (Å²) in [6.07, 6.45) is 0.511. The Bertz CT molecular complexity index is 796. The van der Waals surface area contributed by atoms with Gasteiger partial charge in [0.2, 0.25) is 5.89 Å². The van der Waals surface area contributed by atoms with Crippen molar-refractivity contribution in [2.45, 2.75) is 33.0 Å². The van der Waals surface area contributed by atoms with Crippen LogP contribution in [0.2, 0.25) is 0 Å². The summed E-state index contributed by atoms with van der Waals surface area (Å²) in [5.74, 6) is 2.18. The number of aromatic nitrogens is 1. The largest absolute Gasteiger partial charge is 0.487 e. The molecule has 0 amide bonds. The van der Waals surface area contributed by atoms with Gasteiger partial charge in [-0.2, -0.15) is 0 Å². The lowest BCUT2D eigenvalue weighted by molar-refractivity contribution is 0.0207. The second-order valence-corrected chi connectivity index (χ2v) is 6.84. The summed E-state index contributed by atoms with van der Waals surface area (Å²) in [6.45, 7) is 4.79. The maximum absolute atomic E-state index is 9.32. The second kappa shape index (κ2) is 8.98. The minimum atomic E-state index is -0.166. The van der Waals surface area contributed by atoms with Gasteiger partial charge in [0.25, 0.3) is 0 Å². The van der Waals surface area contributed by atoms with Crippen LogP contribution in [0.25, 0.3) is 10.8 Å². The first-order valence-electron chi connectivity index (χ1n) is 8.64. The normalized spacial score (nSPS) is 12.3. The van der Waals surface area contributed by atoms with Crippen LogP contribution in [0.4, 0.5) is 0 Å². The minimum absolute atomic E-state index is 0.0180. The van der Waals surface area contributed by atoms with E-state index in [9.17, 15) is 5.11 Å². The van der Waals surface area contributed by atoms with Gasteiger partial charge in [-0.1, -0.05) is 18.2 Å². The van der Waals surface area contributed by atoms with Gasteiger partial charge in [0.15, 0.2) is 0 Å². The molecule has 0 aliphatic heterocycles. The fourth-order valence-corrected chi connectivity index (χ4v) is 3.26. The average Bonchev–Trinajstić information content (AvgIpc) is 3.30. The molecule has 1 N–H and O–H groups in total. The molecule has 0 bridgehead atoms. The third kappa shape index (κ3) is 4.72. The van der Waals surface area contributed by atoms with Crippen molar-refractivity contribution < 1.29 is 19.0 Å². The van der Waals surface area contributed by atoms with Crippen LogP contribution in [0.1, 0.15) is 23.9 Å². The summed E-state index contributed by atoms with van der Waals surface area (Å²) in [5, 5.41) is 11.3. The number of ether oxygens (including phenoxy) is 2. The van der Waals surface area contributed by atoms with E-state index in [2.05, 4.69) is 4.98 Å². The summed E-state index contributed by atoms with van der Waals surface area (Å²) >= 11 is 1.60. The summed E-state index contributed by atoms with van der Waals surface area (Å²) in [7, 11) is 0. The zero-order valence-corrected chi connectivity index (χ0v) is 15.8. The fourth-order valence-electron chi connectivity index (χ4n) is 2.62. The first-order chi connectivity index (χ1) is 12.7. The lowest BCUT2D eigenvalue weighted by Crippen LogP contribution is -2.20. The topological polar surface area (TPSA) is 64.7 Å². The Kier molecular flexibility index (Phi) is 6.44. The molecule has 3 rings (SSSR count). The zero-order chi connectivity index (χ0) is 18.4. The third-order valence-corrected chi connectivity index (χ3v) is 4.85. The van der Waals surface area contributed by atoms with Gasteiger partial charge in [0, 0.05) is 13.0 Å². The first kappa shape index (κ1) is 18.6. The molecule has 26 heavy (non-hydrogen) atoms. The predicted octanol–water partition coefficient (Wildman–Crippen LogP) is 4.23. The highest BCUT2D eigenvalue weighted by atomic mass is 32.1. The van der Waals surface area contributed by atoms with Crippen LogP contribution in [0, 0.1) is 6.92 Å². The number of benzene rings is 1. The molecule has 138 valence electrons. The van der Waals surface area contributed by atoms with Crippen molar-refractivity contribution in [2.24, 2.45) is 0 Å². The highest BCUT2D eigenvalue weighted by molar-refractivity contribution is 7.13. The van der Waals surface area contributed by atoms with E-state index in [1.54, 1.807) is 11.3 Å². The number of oxazole rings is 1. The Hall–Kier alpha value is -2.15. The molecule has 1 aromatic carbocycles. The summed E-state index contributed by atoms with van der Waals surface area (Å²) in [6, 6.07) is 11.8. The van der Waals surface area contributed by atoms with Gasteiger partial charge in [-0.15, -0.1) is 11.3 Å². The van der Waals surface area contributed by atoms with Crippen molar-refractivity contribution in [1.29, 1.82) is 0 Å². The van der Waals surface area contributed by atoms with Crippen molar-refractivity contribution in [3.8, 4) is 16.5 Å². The Labute approximate surface area is 157 Å². The molecule has 5 nitrogen and oxygen atoms in total. The summed E-state index contributed by atoms with van der Waals surface area (Å²) in [4.78, 5) is 5.54. The molecule has 0 saturated carbocycles.